The number of rotatable bonds is 6. The Morgan fingerprint density at radius 2 is 1.48 bits per heavy atom. The van der Waals surface area contributed by atoms with Crippen molar-refractivity contribution in [1.29, 1.82) is 0 Å². The summed E-state index contributed by atoms with van der Waals surface area (Å²) >= 11 is 1.35. The van der Waals surface area contributed by atoms with Gasteiger partial charge in [0, 0.05) is 22.6 Å². The molecule has 0 bridgehead atoms. The molecule has 0 radical (unpaired) electrons. The van der Waals surface area contributed by atoms with Gasteiger partial charge in [0.25, 0.3) is 11.8 Å². The van der Waals surface area contributed by atoms with Crippen LogP contribution in [0.3, 0.4) is 0 Å². The first-order chi connectivity index (χ1) is 14.0. The summed E-state index contributed by atoms with van der Waals surface area (Å²) in [6.07, 6.45) is -0.584. The van der Waals surface area contributed by atoms with Crippen LogP contribution in [0.1, 0.15) is 27.0 Å². The number of hydrogen-bond donors (Lipinski definition) is 3. The predicted molar refractivity (Wildman–Crippen MR) is 114 cm³/mol. The van der Waals surface area contributed by atoms with Gasteiger partial charge in [-0.15, -0.1) is 11.3 Å². The summed E-state index contributed by atoms with van der Waals surface area (Å²) in [5.74, 6) is -0.555. The van der Waals surface area contributed by atoms with Crippen molar-refractivity contribution in [2.75, 3.05) is 22.6 Å². The van der Waals surface area contributed by atoms with Gasteiger partial charge in [-0.05, 0) is 54.8 Å². The molecular weight excluding hydrogens is 390 g/mol. The zero-order valence-electron chi connectivity index (χ0n) is 15.6. The molecule has 7 nitrogen and oxygen atoms in total. The third kappa shape index (κ3) is 5.66. The van der Waals surface area contributed by atoms with E-state index in [9.17, 15) is 14.4 Å². The summed E-state index contributed by atoms with van der Waals surface area (Å²) in [4.78, 5) is 36.9. The average Bonchev–Trinajstić information content (AvgIpc) is 3.23. The van der Waals surface area contributed by atoms with Crippen molar-refractivity contribution >= 4 is 46.3 Å². The summed E-state index contributed by atoms with van der Waals surface area (Å²) in [7, 11) is 0. The number of carbonyl (C=O) groups excluding carboxylic acids is 3. The van der Waals surface area contributed by atoms with E-state index in [0.717, 1.165) is 0 Å². The number of nitrogens with one attached hydrogen (secondary N) is 3. The number of thiophene rings is 1. The van der Waals surface area contributed by atoms with Gasteiger partial charge in [-0.3, -0.25) is 14.9 Å². The lowest BCUT2D eigenvalue weighted by atomic mass is 10.1. The third-order valence-electron chi connectivity index (χ3n) is 3.77. The van der Waals surface area contributed by atoms with Gasteiger partial charge < -0.3 is 15.4 Å². The number of amides is 3. The van der Waals surface area contributed by atoms with Gasteiger partial charge in [-0.2, -0.15) is 0 Å². The normalized spacial score (nSPS) is 10.1. The van der Waals surface area contributed by atoms with Gasteiger partial charge >= 0.3 is 6.09 Å². The highest BCUT2D eigenvalue weighted by Gasteiger charge is 2.10. The SMILES string of the molecule is CCOC(=O)Nc1cccc(C(=O)Nc2cccc(NC(=O)c3cccs3)c2)c1. The largest absolute Gasteiger partial charge is 0.450 e. The fraction of sp³-hybridized carbons (Fsp3) is 0.0952. The molecular formula is C21H19N3O4S. The zero-order valence-corrected chi connectivity index (χ0v) is 16.4. The lowest BCUT2D eigenvalue weighted by Gasteiger charge is -2.10. The van der Waals surface area contributed by atoms with Crippen molar-refractivity contribution in [3.63, 3.8) is 0 Å². The quantitative estimate of drug-likeness (QED) is 0.544. The van der Waals surface area contributed by atoms with Crippen LogP contribution in [0.5, 0.6) is 0 Å². The maximum atomic E-state index is 12.6. The summed E-state index contributed by atoms with van der Waals surface area (Å²) in [6.45, 7) is 1.96. The van der Waals surface area contributed by atoms with Gasteiger partial charge in [0.1, 0.15) is 0 Å². The molecule has 0 saturated carbocycles. The second-order valence-corrected chi connectivity index (χ2v) is 6.84. The summed E-state index contributed by atoms with van der Waals surface area (Å²) in [5.41, 5.74) is 1.92. The second-order valence-electron chi connectivity index (χ2n) is 5.89. The average molecular weight is 409 g/mol. The molecule has 0 unspecified atom stereocenters. The Labute approximate surface area is 171 Å². The maximum Gasteiger partial charge on any atom is 0.411 e. The fourth-order valence-corrected chi connectivity index (χ4v) is 3.12. The Morgan fingerprint density at radius 3 is 2.14 bits per heavy atom. The molecule has 8 heteroatoms. The first-order valence-electron chi connectivity index (χ1n) is 8.85. The van der Waals surface area contributed by atoms with E-state index in [1.165, 1.54) is 11.3 Å². The van der Waals surface area contributed by atoms with Crippen LogP contribution in [0, 0.1) is 0 Å². The summed E-state index contributed by atoms with van der Waals surface area (Å²) in [5, 5.41) is 9.97. The van der Waals surface area contributed by atoms with E-state index in [1.54, 1.807) is 67.6 Å². The molecule has 3 N–H and O–H groups in total. The number of benzene rings is 2. The van der Waals surface area contributed by atoms with E-state index in [4.69, 9.17) is 4.74 Å². The lowest BCUT2D eigenvalue weighted by molar-refractivity contribution is 0.102. The first-order valence-corrected chi connectivity index (χ1v) is 9.73. The van der Waals surface area contributed by atoms with E-state index in [2.05, 4.69) is 16.0 Å². The van der Waals surface area contributed by atoms with Gasteiger partial charge in [-0.25, -0.2) is 4.79 Å². The van der Waals surface area contributed by atoms with E-state index >= 15 is 0 Å². The topological polar surface area (TPSA) is 96.5 Å². The van der Waals surface area contributed by atoms with Crippen LogP contribution >= 0.6 is 11.3 Å². The molecule has 1 heterocycles. The van der Waals surface area contributed by atoms with E-state index < -0.39 is 6.09 Å². The van der Waals surface area contributed by atoms with Crippen LogP contribution in [0.4, 0.5) is 21.9 Å². The van der Waals surface area contributed by atoms with Crippen LogP contribution < -0.4 is 16.0 Å². The zero-order chi connectivity index (χ0) is 20.6. The molecule has 0 atom stereocenters. The Balaban J connectivity index is 1.66. The highest BCUT2D eigenvalue weighted by atomic mass is 32.1. The Bertz CT molecular complexity index is 1020. The minimum absolute atomic E-state index is 0.207. The Hall–Kier alpha value is -3.65. The van der Waals surface area contributed by atoms with Crippen molar-refractivity contribution in [2.45, 2.75) is 6.92 Å². The molecule has 148 valence electrons. The molecule has 0 aliphatic carbocycles. The van der Waals surface area contributed by atoms with E-state index in [0.29, 0.717) is 27.5 Å². The Kier molecular flexibility index (Phi) is 6.59. The van der Waals surface area contributed by atoms with Crippen molar-refractivity contribution in [3.05, 3.63) is 76.5 Å². The standard InChI is InChI=1S/C21H19N3O4S/c1-2-28-21(27)24-15-7-3-6-14(12-15)19(25)22-16-8-4-9-17(13-16)23-20(26)18-10-5-11-29-18/h3-13H,2H2,1H3,(H,22,25)(H,23,26)(H,24,27). The molecule has 2 aromatic carbocycles. The van der Waals surface area contributed by atoms with Crippen LogP contribution in [0.2, 0.25) is 0 Å². The van der Waals surface area contributed by atoms with Gasteiger partial charge in [-0.1, -0.05) is 18.2 Å². The molecule has 0 aliphatic rings. The first kappa shape index (κ1) is 20.1. The van der Waals surface area contributed by atoms with Crippen LogP contribution in [-0.2, 0) is 4.74 Å². The predicted octanol–water partition coefficient (Wildman–Crippen LogP) is 4.82. The molecule has 3 rings (SSSR count). The molecule has 0 spiro atoms. The summed E-state index contributed by atoms with van der Waals surface area (Å²) in [6, 6.07) is 16.9. The molecule has 3 aromatic rings. The molecule has 0 saturated heterocycles. The molecule has 29 heavy (non-hydrogen) atoms. The molecule has 0 aliphatic heterocycles. The highest BCUT2D eigenvalue weighted by molar-refractivity contribution is 7.12. The van der Waals surface area contributed by atoms with E-state index in [-0.39, 0.29) is 18.4 Å². The molecule has 1 aromatic heterocycles. The third-order valence-corrected chi connectivity index (χ3v) is 4.64. The molecule has 3 amide bonds. The van der Waals surface area contributed by atoms with Crippen LogP contribution in [0.25, 0.3) is 0 Å². The minimum Gasteiger partial charge on any atom is -0.450 e. The van der Waals surface area contributed by atoms with Gasteiger partial charge in [0.05, 0.1) is 11.5 Å². The monoisotopic (exact) mass is 409 g/mol. The highest BCUT2D eigenvalue weighted by Crippen LogP contribution is 2.19. The number of hydrogen-bond acceptors (Lipinski definition) is 5. The number of ether oxygens (including phenoxy) is 1. The van der Waals surface area contributed by atoms with Gasteiger partial charge in [0.2, 0.25) is 0 Å². The number of anilines is 3. The van der Waals surface area contributed by atoms with Crippen LogP contribution in [-0.4, -0.2) is 24.5 Å². The van der Waals surface area contributed by atoms with Gasteiger partial charge in [0.15, 0.2) is 0 Å². The summed E-state index contributed by atoms with van der Waals surface area (Å²) < 4.78 is 4.83. The molecule has 0 fully saturated rings. The van der Waals surface area contributed by atoms with Crippen molar-refractivity contribution in [1.82, 2.24) is 0 Å². The Morgan fingerprint density at radius 1 is 0.828 bits per heavy atom. The fourth-order valence-electron chi connectivity index (χ4n) is 2.50. The van der Waals surface area contributed by atoms with Crippen molar-refractivity contribution < 1.29 is 19.1 Å². The maximum absolute atomic E-state index is 12.6. The van der Waals surface area contributed by atoms with E-state index in [1.807, 2.05) is 5.38 Å². The van der Waals surface area contributed by atoms with Crippen molar-refractivity contribution in [3.8, 4) is 0 Å². The smallest absolute Gasteiger partial charge is 0.411 e. The lowest BCUT2D eigenvalue weighted by Crippen LogP contribution is -2.15. The van der Waals surface area contributed by atoms with Crippen molar-refractivity contribution in [2.24, 2.45) is 0 Å². The van der Waals surface area contributed by atoms with Crippen LogP contribution in [0.15, 0.2) is 66.0 Å². The minimum atomic E-state index is -0.584. The second kappa shape index (κ2) is 9.52. The number of carbonyl (C=O) groups is 3.